The summed E-state index contributed by atoms with van der Waals surface area (Å²) in [5.41, 5.74) is 5.05. The third-order valence-corrected chi connectivity index (χ3v) is 6.15. The summed E-state index contributed by atoms with van der Waals surface area (Å²) in [5.74, 6) is 0.254. The van der Waals surface area contributed by atoms with Crippen LogP contribution in [0, 0.1) is 11.3 Å². The smallest absolute Gasteiger partial charge is 0.230 e. The number of carbonyl (C=O) groups is 1. The monoisotopic (exact) mass is 414 g/mol. The number of rotatable bonds is 6. The number of thioether (sulfide) groups is 1. The average molecular weight is 415 g/mol. The van der Waals surface area contributed by atoms with E-state index in [1.54, 1.807) is 0 Å². The molecule has 0 aliphatic carbocycles. The molecule has 2 aromatic carbocycles. The van der Waals surface area contributed by atoms with E-state index in [1.165, 1.54) is 11.8 Å². The van der Waals surface area contributed by atoms with Gasteiger partial charge in [-0.05, 0) is 42.7 Å². The second-order valence-corrected chi connectivity index (χ2v) is 8.09. The van der Waals surface area contributed by atoms with Crippen molar-refractivity contribution in [2.24, 2.45) is 0 Å². The van der Waals surface area contributed by atoms with Gasteiger partial charge in [-0.15, -0.1) is 0 Å². The van der Waals surface area contributed by atoms with E-state index in [-0.39, 0.29) is 17.7 Å². The minimum atomic E-state index is -0.0550. The first-order valence-electron chi connectivity index (χ1n) is 9.92. The Kier molecular flexibility index (Phi) is 5.73. The van der Waals surface area contributed by atoms with Gasteiger partial charge in [-0.3, -0.25) is 9.20 Å². The van der Waals surface area contributed by atoms with Crippen LogP contribution in [0.2, 0.25) is 0 Å². The molecule has 0 saturated heterocycles. The second kappa shape index (κ2) is 8.60. The fourth-order valence-corrected chi connectivity index (χ4v) is 4.50. The van der Waals surface area contributed by atoms with Gasteiger partial charge in [0.2, 0.25) is 5.91 Å². The third-order valence-electron chi connectivity index (χ3n) is 5.14. The van der Waals surface area contributed by atoms with Crippen LogP contribution in [-0.2, 0) is 11.2 Å². The summed E-state index contributed by atoms with van der Waals surface area (Å²) < 4.78 is 1.99. The Morgan fingerprint density at radius 2 is 1.93 bits per heavy atom. The van der Waals surface area contributed by atoms with Crippen LogP contribution in [0.5, 0.6) is 0 Å². The van der Waals surface area contributed by atoms with Crippen LogP contribution >= 0.6 is 11.8 Å². The Morgan fingerprint density at radius 1 is 1.20 bits per heavy atom. The largest absolute Gasteiger partial charge is 0.349 e. The molecule has 5 nitrogen and oxygen atoms in total. The molecule has 0 spiro atoms. The number of aryl methyl sites for hydroxylation is 1. The lowest BCUT2D eigenvalue weighted by Gasteiger charge is -2.15. The van der Waals surface area contributed by atoms with Crippen molar-refractivity contribution in [3.63, 3.8) is 0 Å². The van der Waals surface area contributed by atoms with Crippen molar-refractivity contribution in [1.82, 2.24) is 14.7 Å². The lowest BCUT2D eigenvalue weighted by molar-refractivity contribution is -0.119. The SMILES string of the molecule is CCc1cc(SCC(=O)N[C@@H](C)c2ccccc2)n2c(nc3ccccc32)c1C#N. The van der Waals surface area contributed by atoms with E-state index in [1.807, 2.05) is 78.9 Å². The highest BCUT2D eigenvalue weighted by molar-refractivity contribution is 7.99. The van der Waals surface area contributed by atoms with E-state index in [9.17, 15) is 10.1 Å². The van der Waals surface area contributed by atoms with Crippen molar-refractivity contribution in [3.8, 4) is 6.07 Å². The number of hydrogen-bond donors (Lipinski definition) is 1. The normalized spacial score (nSPS) is 12.0. The Balaban J connectivity index is 1.64. The summed E-state index contributed by atoms with van der Waals surface area (Å²) in [4.78, 5) is 17.3. The number of para-hydroxylation sites is 2. The van der Waals surface area contributed by atoms with Crippen LogP contribution in [-0.4, -0.2) is 21.0 Å². The number of carbonyl (C=O) groups excluding carboxylic acids is 1. The molecule has 2 aromatic heterocycles. The van der Waals surface area contributed by atoms with Gasteiger partial charge in [0, 0.05) is 0 Å². The highest BCUT2D eigenvalue weighted by Gasteiger charge is 2.17. The number of pyridine rings is 1. The van der Waals surface area contributed by atoms with E-state index in [4.69, 9.17) is 4.98 Å². The fraction of sp³-hybridized carbons (Fsp3) is 0.208. The van der Waals surface area contributed by atoms with Crippen LogP contribution in [0.3, 0.4) is 0 Å². The first-order chi connectivity index (χ1) is 14.6. The number of nitriles is 1. The number of fused-ring (bicyclic) bond motifs is 3. The third kappa shape index (κ3) is 3.77. The summed E-state index contributed by atoms with van der Waals surface area (Å²) >= 11 is 1.46. The molecule has 1 amide bonds. The molecule has 1 atom stereocenters. The lowest BCUT2D eigenvalue weighted by Crippen LogP contribution is -2.28. The first kappa shape index (κ1) is 20.0. The molecule has 0 aliphatic heterocycles. The molecule has 4 aromatic rings. The zero-order chi connectivity index (χ0) is 21.1. The molecule has 1 N–H and O–H groups in total. The van der Waals surface area contributed by atoms with E-state index in [0.717, 1.165) is 33.6 Å². The first-order valence-corrected chi connectivity index (χ1v) is 10.9. The van der Waals surface area contributed by atoms with Gasteiger partial charge in [-0.1, -0.05) is 61.2 Å². The number of aromatic nitrogens is 2. The lowest BCUT2D eigenvalue weighted by atomic mass is 10.1. The topological polar surface area (TPSA) is 70.2 Å². The molecule has 0 fully saturated rings. The number of hydrogen-bond acceptors (Lipinski definition) is 4. The molecule has 150 valence electrons. The zero-order valence-corrected chi connectivity index (χ0v) is 17.7. The fourth-order valence-electron chi connectivity index (χ4n) is 3.60. The van der Waals surface area contributed by atoms with Crippen molar-refractivity contribution < 1.29 is 4.79 Å². The standard InChI is InChI=1S/C24H22N4OS/c1-3-17-13-23(30-15-22(29)26-16(2)18-9-5-4-6-10-18)28-21-12-8-7-11-20(21)27-24(28)19(17)14-25/h4-13,16H,3,15H2,1-2H3,(H,26,29)/t16-/m0/s1. The molecule has 0 unspecified atom stereocenters. The zero-order valence-electron chi connectivity index (χ0n) is 16.9. The average Bonchev–Trinajstić information content (AvgIpc) is 3.17. The second-order valence-electron chi connectivity index (χ2n) is 7.10. The van der Waals surface area contributed by atoms with Gasteiger partial charge in [0.1, 0.15) is 6.07 Å². The molecule has 4 rings (SSSR count). The van der Waals surface area contributed by atoms with Gasteiger partial charge >= 0.3 is 0 Å². The van der Waals surface area contributed by atoms with E-state index in [0.29, 0.717) is 11.2 Å². The molecule has 0 radical (unpaired) electrons. The Bertz CT molecular complexity index is 1260. The maximum absolute atomic E-state index is 12.6. The van der Waals surface area contributed by atoms with Crippen LogP contribution in [0.25, 0.3) is 16.7 Å². The van der Waals surface area contributed by atoms with Crippen molar-refractivity contribution in [2.45, 2.75) is 31.3 Å². The highest BCUT2D eigenvalue weighted by Crippen LogP contribution is 2.30. The Labute approximate surface area is 179 Å². The van der Waals surface area contributed by atoms with Gasteiger partial charge in [0.05, 0.1) is 33.4 Å². The van der Waals surface area contributed by atoms with Crippen LogP contribution in [0.1, 0.15) is 36.6 Å². The Morgan fingerprint density at radius 3 is 2.67 bits per heavy atom. The van der Waals surface area contributed by atoms with Crippen molar-refractivity contribution >= 4 is 34.3 Å². The summed E-state index contributed by atoms with van der Waals surface area (Å²) in [5, 5.41) is 13.7. The van der Waals surface area contributed by atoms with Crippen molar-refractivity contribution in [2.75, 3.05) is 5.75 Å². The van der Waals surface area contributed by atoms with Gasteiger partial charge < -0.3 is 5.32 Å². The van der Waals surface area contributed by atoms with Gasteiger partial charge in [0.25, 0.3) is 0 Å². The van der Waals surface area contributed by atoms with Gasteiger partial charge in [-0.2, -0.15) is 5.26 Å². The molecule has 6 heteroatoms. The quantitative estimate of drug-likeness (QED) is 0.456. The number of benzene rings is 2. The van der Waals surface area contributed by atoms with Crippen molar-refractivity contribution in [1.29, 1.82) is 5.26 Å². The highest BCUT2D eigenvalue weighted by atomic mass is 32.2. The van der Waals surface area contributed by atoms with Crippen LogP contribution in [0.15, 0.2) is 65.7 Å². The summed E-state index contributed by atoms with van der Waals surface area (Å²) in [6.45, 7) is 4.01. The molecule has 2 heterocycles. The van der Waals surface area contributed by atoms with Gasteiger partial charge in [-0.25, -0.2) is 4.98 Å². The molecule has 0 bridgehead atoms. The van der Waals surface area contributed by atoms with E-state index in [2.05, 4.69) is 11.4 Å². The number of nitrogens with zero attached hydrogens (tertiary/aromatic N) is 3. The minimum absolute atomic E-state index is 0.0312. The van der Waals surface area contributed by atoms with Gasteiger partial charge in [0.15, 0.2) is 5.65 Å². The predicted molar refractivity (Wildman–Crippen MR) is 121 cm³/mol. The Hall–Kier alpha value is -3.30. The molecule has 0 saturated carbocycles. The molecule has 0 aliphatic rings. The predicted octanol–water partition coefficient (Wildman–Crippen LogP) is 4.89. The van der Waals surface area contributed by atoms with Crippen LogP contribution in [0.4, 0.5) is 0 Å². The van der Waals surface area contributed by atoms with E-state index < -0.39 is 0 Å². The number of amides is 1. The number of nitrogens with one attached hydrogen (secondary N) is 1. The molecular weight excluding hydrogens is 392 g/mol. The van der Waals surface area contributed by atoms with Crippen LogP contribution < -0.4 is 5.32 Å². The summed E-state index contributed by atoms with van der Waals surface area (Å²) in [6.07, 6.45) is 0.730. The molecular formula is C24H22N4OS. The minimum Gasteiger partial charge on any atom is -0.349 e. The summed E-state index contributed by atoms with van der Waals surface area (Å²) in [6, 6.07) is 22.0. The van der Waals surface area contributed by atoms with E-state index >= 15 is 0 Å². The van der Waals surface area contributed by atoms with Crippen molar-refractivity contribution in [3.05, 3.63) is 77.4 Å². The number of imidazole rings is 1. The molecule has 30 heavy (non-hydrogen) atoms. The maximum Gasteiger partial charge on any atom is 0.230 e. The maximum atomic E-state index is 12.6. The summed E-state index contributed by atoms with van der Waals surface area (Å²) in [7, 11) is 0.